The molecule has 0 aliphatic heterocycles. The first-order chi connectivity index (χ1) is 15.6. The van der Waals surface area contributed by atoms with Crippen molar-refractivity contribution in [3.63, 3.8) is 0 Å². The predicted octanol–water partition coefficient (Wildman–Crippen LogP) is 4.32. The van der Waals surface area contributed by atoms with Crippen molar-refractivity contribution >= 4 is 17.6 Å². The van der Waals surface area contributed by atoms with Gasteiger partial charge in [-0.3, -0.25) is 15.0 Å². The van der Waals surface area contributed by atoms with Gasteiger partial charge in [-0.1, -0.05) is 42.5 Å². The summed E-state index contributed by atoms with van der Waals surface area (Å²) in [7, 11) is 1.30. The number of ether oxygens (including phenoxy) is 2. The molecule has 0 N–H and O–H groups in total. The molecule has 0 fully saturated rings. The molecule has 0 aliphatic carbocycles. The molecule has 2 rings (SSSR count). The number of esters is 2. The smallest absolute Gasteiger partial charge is 0.338 e. The summed E-state index contributed by atoms with van der Waals surface area (Å²) in [4.78, 5) is 37.0. The van der Waals surface area contributed by atoms with E-state index in [1.165, 1.54) is 25.3 Å². The van der Waals surface area contributed by atoms with E-state index < -0.39 is 22.5 Å². The summed E-state index contributed by atoms with van der Waals surface area (Å²) in [5.74, 6) is -1.08. The molecule has 8 heteroatoms. The molecule has 0 atom stereocenters. The van der Waals surface area contributed by atoms with Crippen molar-refractivity contribution in [3.05, 3.63) is 87.5 Å². The van der Waals surface area contributed by atoms with Gasteiger partial charge < -0.3 is 9.47 Å². The molecule has 0 bridgehead atoms. The van der Waals surface area contributed by atoms with E-state index in [4.69, 9.17) is 4.74 Å². The average molecular weight is 455 g/mol. The van der Waals surface area contributed by atoms with Crippen LogP contribution in [-0.4, -0.2) is 47.6 Å². The maximum Gasteiger partial charge on any atom is 0.338 e. The number of rotatable bonds is 10. The SMILES string of the molecule is COC(=O)C=CCN(CCc1ccccc1)Cc1ccc(C(=O)OC(C)(C)C)cc1[N+](=O)[O-]. The third kappa shape index (κ3) is 8.86. The first kappa shape index (κ1) is 25.7. The second kappa shape index (κ2) is 11.9. The highest BCUT2D eigenvalue weighted by molar-refractivity contribution is 5.90. The van der Waals surface area contributed by atoms with Crippen LogP contribution >= 0.6 is 0 Å². The Morgan fingerprint density at radius 3 is 2.42 bits per heavy atom. The van der Waals surface area contributed by atoms with Gasteiger partial charge in [0.15, 0.2) is 0 Å². The number of hydrogen-bond donors (Lipinski definition) is 0. The molecular formula is C25H30N2O6. The minimum Gasteiger partial charge on any atom is -0.466 e. The molecule has 0 heterocycles. The van der Waals surface area contributed by atoms with Crippen molar-refractivity contribution in [1.29, 1.82) is 0 Å². The summed E-state index contributed by atoms with van der Waals surface area (Å²) in [6.45, 7) is 6.48. The van der Waals surface area contributed by atoms with Crippen LogP contribution in [0.5, 0.6) is 0 Å². The topological polar surface area (TPSA) is 99.0 Å². The molecular weight excluding hydrogens is 424 g/mol. The van der Waals surface area contributed by atoms with Crippen LogP contribution in [0.1, 0.15) is 42.3 Å². The van der Waals surface area contributed by atoms with Crippen LogP contribution in [-0.2, 0) is 27.2 Å². The molecule has 0 saturated carbocycles. The van der Waals surface area contributed by atoms with Gasteiger partial charge in [-0.2, -0.15) is 0 Å². The van der Waals surface area contributed by atoms with Crippen LogP contribution in [0.25, 0.3) is 0 Å². The zero-order valence-corrected chi connectivity index (χ0v) is 19.4. The number of carbonyl (C=O) groups is 2. The Balaban J connectivity index is 2.24. The zero-order chi connectivity index (χ0) is 24.4. The molecule has 2 aromatic carbocycles. The van der Waals surface area contributed by atoms with E-state index >= 15 is 0 Å². The molecule has 0 unspecified atom stereocenters. The van der Waals surface area contributed by atoms with E-state index in [9.17, 15) is 19.7 Å². The van der Waals surface area contributed by atoms with Crippen molar-refractivity contribution in [1.82, 2.24) is 4.90 Å². The highest BCUT2D eigenvalue weighted by Crippen LogP contribution is 2.24. The van der Waals surface area contributed by atoms with Gasteiger partial charge in [-0.15, -0.1) is 0 Å². The number of methoxy groups -OCH3 is 1. The lowest BCUT2D eigenvalue weighted by Gasteiger charge is -2.22. The fraction of sp³-hybridized carbons (Fsp3) is 0.360. The summed E-state index contributed by atoms with van der Waals surface area (Å²) >= 11 is 0. The molecule has 8 nitrogen and oxygen atoms in total. The summed E-state index contributed by atoms with van der Waals surface area (Å²) in [5, 5.41) is 11.7. The van der Waals surface area contributed by atoms with Gasteiger partial charge in [-0.25, -0.2) is 9.59 Å². The molecule has 2 aromatic rings. The summed E-state index contributed by atoms with van der Waals surface area (Å²) < 4.78 is 9.95. The normalized spacial score (nSPS) is 11.5. The van der Waals surface area contributed by atoms with Gasteiger partial charge in [0.1, 0.15) is 5.60 Å². The Bertz CT molecular complexity index is 996. The fourth-order valence-electron chi connectivity index (χ4n) is 3.11. The maximum absolute atomic E-state index is 12.4. The highest BCUT2D eigenvalue weighted by atomic mass is 16.6. The molecule has 0 amide bonds. The second-order valence-corrected chi connectivity index (χ2v) is 8.50. The number of nitro benzene ring substituents is 1. The number of carbonyl (C=O) groups excluding carboxylic acids is 2. The second-order valence-electron chi connectivity index (χ2n) is 8.50. The lowest BCUT2D eigenvalue weighted by molar-refractivity contribution is -0.385. The highest BCUT2D eigenvalue weighted by Gasteiger charge is 2.23. The maximum atomic E-state index is 12.4. The molecule has 0 saturated heterocycles. The first-order valence-corrected chi connectivity index (χ1v) is 10.6. The Kier molecular flexibility index (Phi) is 9.30. The van der Waals surface area contributed by atoms with Gasteiger partial charge in [0, 0.05) is 37.3 Å². The van der Waals surface area contributed by atoms with Crippen LogP contribution in [0, 0.1) is 10.1 Å². The largest absolute Gasteiger partial charge is 0.466 e. The molecule has 33 heavy (non-hydrogen) atoms. The standard InChI is InChI=1S/C25H30N2O6/c1-25(2,3)33-24(29)20-12-13-21(22(17-20)27(30)31)18-26(15-8-11-23(28)32-4)16-14-19-9-6-5-7-10-19/h5-13,17H,14-16,18H2,1-4H3. The lowest BCUT2D eigenvalue weighted by Crippen LogP contribution is -2.27. The summed E-state index contributed by atoms with van der Waals surface area (Å²) in [6.07, 6.45) is 3.73. The number of hydrogen-bond acceptors (Lipinski definition) is 7. The van der Waals surface area contributed by atoms with Gasteiger partial charge in [-0.05, 0) is 38.8 Å². The number of nitrogens with zero attached hydrogens (tertiary/aromatic N) is 2. The van der Waals surface area contributed by atoms with E-state index in [1.54, 1.807) is 32.9 Å². The van der Waals surface area contributed by atoms with E-state index in [0.717, 1.165) is 12.0 Å². The van der Waals surface area contributed by atoms with Gasteiger partial charge in [0.2, 0.25) is 0 Å². The van der Waals surface area contributed by atoms with Crippen molar-refractivity contribution in [3.8, 4) is 0 Å². The minimum absolute atomic E-state index is 0.127. The molecule has 0 aromatic heterocycles. The third-order valence-corrected chi connectivity index (χ3v) is 4.69. The molecule has 176 valence electrons. The molecule has 0 spiro atoms. The molecule has 0 aliphatic rings. The Morgan fingerprint density at radius 2 is 1.82 bits per heavy atom. The monoisotopic (exact) mass is 454 g/mol. The van der Waals surface area contributed by atoms with Gasteiger partial charge in [0.05, 0.1) is 17.6 Å². The minimum atomic E-state index is -0.704. The van der Waals surface area contributed by atoms with Crippen LogP contribution in [0.3, 0.4) is 0 Å². The zero-order valence-electron chi connectivity index (χ0n) is 19.4. The van der Waals surface area contributed by atoms with Gasteiger partial charge >= 0.3 is 11.9 Å². The van der Waals surface area contributed by atoms with Crippen LogP contribution < -0.4 is 0 Å². The third-order valence-electron chi connectivity index (χ3n) is 4.69. The van der Waals surface area contributed by atoms with Gasteiger partial charge in [0.25, 0.3) is 5.69 Å². The average Bonchev–Trinajstić information content (AvgIpc) is 2.76. The Labute approximate surface area is 194 Å². The summed E-state index contributed by atoms with van der Waals surface area (Å²) in [5.41, 5.74) is 0.868. The Morgan fingerprint density at radius 1 is 1.12 bits per heavy atom. The quantitative estimate of drug-likeness (QED) is 0.228. The fourth-order valence-corrected chi connectivity index (χ4v) is 3.11. The lowest BCUT2D eigenvalue weighted by atomic mass is 10.1. The van der Waals surface area contributed by atoms with Crippen molar-refractivity contribution in [2.75, 3.05) is 20.2 Å². The molecule has 0 radical (unpaired) electrons. The van der Waals surface area contributed by atoms with E-state index in [-0.39, 0.29) is 17.8 Å². The van der Waals surface area contributed by atoms with E-state index in [0.29, 0.717) is 18.7 Å². The summed E-state index contributed by atoms with van der Waals surface area (Å²) in [6, 6.07) is 14.3. The van der Waals surface area contributed by atoms with Crippen LogP contribution in [0.4, 0.5) is 5.69 Å². The number of benzene rings is 2. The number of nitro groups is 1. The van der Waals surface area contributed by atoms with E-state index in [2.05, 4.69) is 4.74 Å². The Hall–Kier alpha value is -3.52. The van der Waals surface area contributed by atoms with Crippen molar-refractivity contribution in [2.24, 2.45) is 0 Å². The van der Waals surface area contributed by atoms with E-state index in [1.807, 2.05) is 35.2 Å². The first-order valence-electron chi connectivity index (χ1n) is 10.6. The van der Waals surface area contributed by atoms with Crippen molar-refractivity contribution in [2.45, 2.75) is 39.3 Å². The van der Waals surface area contributed by atoms with Crippen LogP contribution in [0.15, 0.2) is 60.7 Å². The van der Waals surface area contributed by atoms with Crippen LogP contribution in [0.2, 0.25) is 0 Å². The van der Waals surface area contributed by atoms with Crippen molar-refractivity contribution < 1.29 is 24.0 Å². The predicted molar refractivity (Wildman–Crippen MR) is 125 cm³/mol.